The molecular weight excluding hydrogens is 178 g/mol. The van der Waals surface area contributed by atoms with Gasteiger partial charge in [0, 0.05) is 4.88 Å². The van der Waals surface area contributed by atoms with Crippen molar-refractivity contribution in [3.63, 3.8) is 0 Å². The lowest BCUT2D eigenvalue weighted by molar-refractivity contribution is 0.312. The average molecular weight is 195 g/mol. The summed E-state index contributed by atoms with van der Waals surface area (Å²) in [5.74, 6) is 0.700. The first-order valence-corrected chi connectivity index (χ1v) is 5.92. The zero-order chi connectivity index (χ0) is 9.31. The summed E-state index contributed by atoms with van der Waals surface area (Å²) in [7, 11) is 0. The van der Waals surface area contributed by atoms with Gasteiger partial charge in [-0.3, -0.25) is 0 Å². The standard InChI is InChI=1S/C11H17NS/c1-11(12,9-5-2-3-6-9)10-7-4-8-13-10/h4,7-9H,2-3,5-6,12H2,1H3. The Bertz CT molecular complexity index is 258. The molecule has 1 atom stereocenters. The Balaban J connectivity index is 2.19. The molecule has 1 unspecified atom stereocenters. The number of hydrogen-bond donors (Lipinski definition) is 1. The predicted molar refractivity (Wildman–Crippen MR) is 57.8 cm³/mol. The Morgan fingerprint density at radius 2 is 2.15 bits per heavy atom. The summed E-state index contributed by atoms with van der Waals surface area (Å²) in [5.41, 5.74) is 6.32. The summed E-state index contributed by atoms with van der Waals surface area (Å²) >= 11 is 1.79. The molecule has 1 aliphatic rings. The highest BCUT2D eigenvalue weighted by molar-refractivity contribution is 7.10. The first kappa shape index (κ1) is 9.22. The summed E-state index contributed by atoms with van der Waals surface area (Å²) in [6.45, 7) is 2.19. The molecule has 1 aromatic rings. The van der Waals surface area contributed by atoms with Crippen molar-refractivity contribution in [2.24, 2.45) is 11.7 Å². The van der Waals surface area contributed by atoms with Crippen LogP contribution in [0.4, 0.5) is 0 Å². The van der Waals surface area contributed by atoms with Crippen molar-refractivity contribution < 1.29 is 0 Å². The maximum Gasteiger partial charge on any atom is 0.0503 e. The van der Waals surface area contributed by atoms with E-state index in [1.54, 1.807) is 11.3 Å². The van der Waals surface area contributed by atoms with Crippen molar-refractivity contribution in [1.82, 2.24) is 0 Å². The maximum atomic E-state index is 6.40. The van der Waals surface area contributed by atoms with Gasteiger partial charge in [-0.05, 0) is 37.1 Å². The van der Waals surface area contributed by atoms with Gasteiger partial charge in [0.05, 0.1) is 5.54 Å². The van der Waals surface area contributed by atoms with Crippen LogP contribution in [0, 0.1) is 5.92 Å². The van der Waals surface area contributed by atoms with Crippen LogP contribution in [0.3, 0.4) is 0 Å². The predicted octanol–water partition coefficient (Wildman–Crippen LogP) is 3.11. The largest absolute Gasteiger partial charge is 0.321 e. The van der Waals surface area contributed by atoms with E-state index in [1.165, 1.54) is 30.6 Å². The van der Waals surface area contributed by atoms with E-state index in [2.05, 4.69) is 24.4 Å². The summed E-state index contributed by atoms with van der Waals surface area (Å²) in [6.07, 6.45) is 5.35. The molecular formula is C11H17NS. The van der Waals surface area contributed by atoms with Crippen molar-refractivity contribution >= 4 is 11.3 Å². The minimum atomic E-state index is -0.0787. The molecule has 1 fully saturated rings. The zero-order valence-electron chi connectivity index (χ0n) is 8.12. The molecule has 0 radical (unpaired) electrons. The fraction of sp³-hybridized carbons (Fsp3) is 0.636. The highest BCUT2D eigenvalue weighted by Crippen LogP contribution is 2.39. The van der Waals surface area contributed by atoms with Gasteiger partial charge in [-0.25, -0.2) is 0 Å². The molecule has 0 spiro atoms. The normalized spacial score (nSPS) is 23.2. The fourth-order valence-electron chi connectivity index (χ4n) is 2.31. The van der Waals surface area contributed by atoms with E-state index >= 15 is 0 Å². The highest BCUT2D eigenvalue weighted by atomic mass is 32.1. The van der Waals surface area contributed by atoms with E-state index in [0.29, 0.717) is 5.92 Å². The van der Waals surface area contributed by atoms with E-state index in [1.807, 2.05) is 0 Å². The van der Waals surface area contributed by atoms with E-state index in [-0.39, 0.29) is 5.54 Å². The van der Waals surface area contributed by atoms with Crippen LogP contribution in [0.15, 0.2) is 17.5 Å². The quantitative estimate of drug-likeness (QED) is 0.771. The molecule has 1 nitrogen and oxygen atoms in total. The SMILES string of the molecule is CC(N)(c1cccs1)C1CCCC1. The molecule has 1 aliphatic carbocycles. The van der Waals surface area contributed by atoms with Crippen LogP contribution < -0.4 is 5.73 Å². The average Bonchev–Trinajstić information content (AvgIpc) is 2.78. The second-order valence-electron chi connectivity index (χ2n) is 4.24. The third-order valence-electron chi connectivity index (χ3n) is 3.26. The number of nitrogens with two attached hydrogens (primary N) is 1. The molecule has 72 valence electrons. The molecule has 1 heterocycles. The van der Waals surface area contributed by atoms with E-state index < -0.39 is 0 Å². The van der Waals surface area contributed by atoms with Crippen LogP contribution in [-0.4, -0.2) is 0 Å². The van der Waals surface area contributed by atoms with Gasteiger partial charge in [-0.1, -0.05) is 18.9 Å². The van der Waals surface area contributed by atoms with E-state index in [4.69, 9.17) is 5.73 Å². The Kier molecular flexibility index (Phi) is 2.43. The van der Waals surface area contributed by atoms with Crippen LogP contribution >= 0.6 is 11.3 Å². The Morgan fingerprint density at radius 1 is 1.46 bits per heavy atom. The van der Waals surface area contributed by atoms with Crippen LogP contribution in [0.5, 0.6) is 0 Å². The molecule has 1 aromatic heterocycles. The molecule has 0 aliphatic heterocycles. The van der Waals surface area contributed by atoms with Gasteiger partial charge < -0.3 is 5.73 Å². The second kappa shape index (κ2) is 3.43. The van der Waals surface area contributed by atoms with Gasteiger partial charge in [-0.2, -0.15) is 0 Å². The van der Waals surface area contributed by atoms with Gasteiger partial charge in [0.15, 0.2) is 0 Å². The van der Waals surface area contributed by atoms with Crippen molar-refractivity contribution in [2.75, 3.05) is 0 Å². The minimum absolute atomic E-state index is 0.0787. The van der Waals surface area contributed by atoms with E-state index in [0.717, 1.165) is 0 Å². The van der Waals surface area contributed by atoms with Crippen molar-refractivity contribution in [1.29, 1.82) is 0 Å². The lowest BCUT2D eigenvalue weighted by Crippen LogP contribution is -2.39. The van der Waals surface area contributed by atoms with Crippen molar-refractivity contribution in [3.8, 4) is 0 Å². The lowest BCUT2D eigenvalue weighted by atomic mass is 9.84. The van der Waals surface area contributed by atoms with Crippen molar-refractivity contribution in [3.05, 3.63) is 22.4 Å². The topological polar surface area (TPSA) is 26.0 Å². The molecule has 13 heavy (non-hydrogen) atoms. The molecule has 0 amide bonds. The summed E-state index contributed by atoms with van der Waals surface area (Å²) in [6, 6.07) is 4.27. The zero-order valence-corrected chi connectivity index (χ0v) is 8.94. The molecule has 2 N–H and O–H groups in total. The summed E-state index contributed by atoms with van der Waals surface area (Å²) in [4.78, 5) is 1.35. The van der Waals surface area contributed by atoms with Gasteiger partial charge in [0.1, 0.15) is 0 Å². The number of thiophene rings is 1. The minimum Gasteiger partial charge on any atom is -0.321 e. The number of hydrogen-bond acceptors (Lipinski definition) is 2. The first-order valence-electron chi connectivity index (χ1n) is 5.04. The Hall–Kier alpha value is -0.340. The molecule has 2 heteroatoms. The van der Waals surface area contributed by atoms with Crippen molar-refractivity contribution in [2.45, 2.75) is 38.1 Å². The Morgan fingerprint density at radius 3 is 2.69 bits per heavy atom. The smallest absolute Gasteiger partial charge is 0.0503 e. The molecule has 0 saturated heterocycles. The van der Waals surface area contributed by atoms with Gasteiger partial charge in [0.25, 0.3) is 0 Å². The van der Waals surface area contributed by atoms with Crippen LogP contribution in [0.2, 0.25) is 0 Å². The third-order valence-corrected chi connectivity index (χ3v) is 4.38. The first-order chi connectivity index (χ1) is 6.21. The third kappa shape index (κ3) is 1.65. The fourth-order valence-corrected chi connectivity index (χ4v) is 3.19. The van der Waals surface area contributed by atoms with Gasteiger partial charge in [0.2, 0.25) is 0 Å². The summed E-state index contributed by atoms with van der Waals surface area (Å²) in [5, 5.41) is 2.12. The summed E-state index contributed by atoms with van der Waals surface area (Å²) < 4.78 is 0. The number of rotatable bonds is 2. The van der Waals surface area contributed by atoms with Crippen LogP contribution in [0.25, 0.3) is 0 Å². The Labute approximate surface area is 84.0 Å². The maximum absolute atomic E-state index is 6.40. The monoisotopic (exact) mass is 195 g/mol. The molecule has 0 bridgehead atoms. The molecule has 0 aromatic carbocycles. The highest BCUT2D eigenvalue weighted by Gasteiger charge is 2.34. The molecule has 2 rings (SSSR count). The molecule has 1 saturated carbocycles. The second-order valence-corrected chi connectivity index (χ2v) is 5.19. The van der Waals surface area contributed by atoms with Crippen LogP contribution in [0.1, 0.15) is 37.5 Å². The van der Waals surface area contributed by atoms with Gasteiger partial charge >= 0.3 is 0 Å². The van der Waals surface area contributed by atoms with E-state index in [9.17, 15) is 0 Å². The van der Waals surface area contributed by atoms with Crippen LogP contribution in [-0.2, 0) is 5.54 Å². The van der Waals surface area contributed by atoms with Gasteiger partial charge in [-0.15, -0.1) is 11.3 Å². The lowest BCUT2D eigenvalue weighted by Gasteiger charge is -2.30.